The minimum Gasteiger partial charge on any atom is -0.493 e. The maximum atomic E-state index is 13.6. The van der Waals surface area contributed by atoms with Gasteiger partial charge in [-0.1, -0.05) is 18.2 Å². The first-order valence-electron chi connectivity index (χ1n) is 11.6. The number of ether oxygens (including phenoxy) is 1. The lowest BCUT2D eigenvalue weighted by Crippen LogP contribution is -2.15. The van der Waals surface area contributed by atoms with E-state index in [0.29, 0.717) is 11.6 Å². The van der Waals surface area contributed by atoms with E-state index in [9.17, 15) is 18.0 Å². The first-order valence-corrected chi connectivity index (χ1v) is 11.6. The van der Waals surface area contributed by atoms with E-state index >= 15 is 0 Å². The van der Waals surface area contributed by atoms with E-state index in [2.05, 4.69) is 21.4 Å². The number of pyridine rings is 1. The Labute approximate surface area is 201 Å². The number of fused-ring (bicyclic) bond motifs is 1. The molecule has 1 aromatic heterocycles. The van der Waals surface area contributed by atoms with E-state index in [0.717, 1.165) is 47.0 Å². The Morgan fingerprint density at radius 3 is 2.54 bits per heavy atom. The van der Waals surface area contributed by atoms with Crippen molar-refractivity contribution < 1.29 is 22.7 Å². The van der Waals surface area contributed by atoms with Gasteiger partial charge in [-0.25, -0.2) is 4.99 Å². The van der Waals surface area contributed by atoms with Crippen LogP contribution in [0.1, 0.15) is 54.6 Å². The second-order valence-corrected chi connectivity index (χ2v) is 8.86. The van der Waals surface area contributed by atoms with Crippen LogP contribution in [0.15, 0.2) is 53.5 Å². The molecule has 1 saturated carbocycles. The standard InChI is InChI=1S/C27H24F3N3O2/c1-3-35-25-13-24-23(12-20(25)27(28,29)30)33-26(34)14-22(32-24)18-6-4-5-17(10-18)19-9-15(2)31-21(11-19)16-7-8-16/h4-6,9-13,16H,3,7-8,14H2,1-2H3,(H,33,34). The molecular formula is C27H24F3N3O2. The van der Waals surface area contributed by atoms with Gasteiger partial charge in [0.05, 0.1) is 35.7 Å². The third-order valence-corrected chi connectivity index (χ3v) is 6.06. The summed E-state index contributed by atoms with van der Waals surface area (Å²) in [7, 11) is 0. The molecule has 1 N–H and O–H groups in total. The molecule has 5 nitrogen and oxygen atoms in total. The molecule has 1 amide bonds. The second kappa shape index (κ2) is 8.83. The molecular weight excluding hydrogens is 455 g/mol. The molecule has 0 saturated heterocycles. The molecule has 0 radical (unpaired) electrons. The Hall–Kier alpha value is -3.68. The Balaban J connectivity index is 1.57. The van der Waals surface area contributed by atoms with Gasteiger partial charge < -0.3 is 10.1 Å². The van der Waals surface area contributed by atoms with Gasteiger partial charge in [-0.05, 0) is 67.6 Å². The molecule has 3 aromatic rings. The highest BCUT2D eigenvalue weighted by Crippen LogP contribution is 2.43. The van der Waals surface area contributed by atoms with E-state index in [1.807, 2.05) is 37.3 Å². The van der Waals surface area contributed by atoms with Crippen LogP contribution in [0.2, 0.25) is 0 Å². The number of nitrogens with one attached hydrogen (secondary N) is 1. The van der Waals surface area contributed by atoms with Crippen LogP contribution in [0.4, 0.5) is 24.5 Å². The van der Waals surface area contributed by atoms with Crippen molar-refractivity contribution in [1.29, 1.82) is 0 Å². The van der Waals surface area contributed by atoms with Gasteiger partial charge >= 0.3 is 6.18 Å². The van der Waals surface area contributed by atoms with Gasteiger partial charge in [-0.15, -0.1) is 0 Å². The van der Waals surface area contributed by atoms with Crippen LogP contribution < -0.4 is 10.1 Å². The molecule has 0 atom stereocenters. The smallest absolute Gasteiger partial charge is 0.420 e. The van der Waals surface area contributed by atoms with Crippen molar-refractivity contribution in [3.8, 4) is 16.9 Å². The molecule has 2 heterocycles. The number of carbonyl (C=O) groups excluding carboxylic acids is 1. The lowest BCUT2D eigenvalue weighted by Gasteiger charge is -2.16. The zero-order valence-electron chi connectivity index (χ0n) is 19.4. The molecule has 35 heavy (non-hydrogen) atoms. The van der Waals surface area contributed by atoms with Gasteiger partial charge in [-0.2, -0.15) is 13.2 Å². The summed E-state index contributed by atoms with van der Waals surface area (Å²) >= 11 is 0. The number of carbonyl (C=O) groups is 1. The van der Waals surface area contributed by atoms with Crippen molar-refractivity contribution in [1.82, 2.24) is 4.98 Å². The number of rotatable bonds is 5. The van der Waals surface area contributed by atoms with Gasteiger partial charge in [0.2, 0.25) is 5.91 Å². The predicted octanol–water partition coefficient (Wildman–Crippen LogP) is 6.81. The van der Waals surface area contributed by atoms with Crippen LogP contribution in [-0.2, 0) is 11.0 Å². The Kier molecular flexibility index (Phi) is 5.83. The molecule has 0 unspecified atom stereocenters. The molecule has 1 aliphatic carbocycles. The number of halogens is 3. The fourth-order valence-electron chi connectivity index (χ4n) is 4.28. The number of aromatic nitrogens is 1. The van der Waals surface area contributed by atoms with Crippen LogP contribution >= 0.6 is 0 Å². The number of hydrogen-bond acceptors (Lipinski definition) is 4. The summed E-state index contributed by atoms with van der Waals surface area (Å²) in [6.45, 7) is 3.66. The fraction of sp³-hybridized carbons (Fsp3) is 0.296. The lowest BCUT2D eigenvalue weighted by molar-refractivity contribution is -0.138. The summed E-state index contributed by atoms with van der Waals surface area (Å²) in [6.07, 6.45) is -2.38. The number of aryl methyl sites for hydroxylation is 1. The summed E-state index contributed by atoms with van der Waals surface area (Å²) in [5.41, 5.74) is 4.52. The monoisotopic (exact) mass is 479 g/mol. The summed E-state index contributed by atoms with van der Waals surface area (Å²) in [5.74, 6) is -0.225. The SMILES string of the molecule is CCOc1cc2c(cc1C(F)(F)F)NC(=O)CC(c1cccc(-c3cc(C)nc(C4CC4)c3)c1)=N2. The molecule has 2 aliphatic rings. The molecule has 2 aromatic carbocycles. The number of nitrogens with zero attached hydrogens (tertiary/aromatic N) is 2. The van der Waals surface area contributed by atoms with Crippen molar-refractivity contribution in [3.63, 3.8) is 0 Å². The van der Waals surface area contributed by atoms with Crippen molar-refractivity contribution in [2.75, 3.05) is 11.9 Å². The normalized spacial score (nSPS) is 15.7. The molecule has 5 rings (SSSR count). The van der Waals surface area contributed by atoms with Gasteiger partial charge in [0.1, 0.15) is 5.75 Å². The summed E-state index contributed by atoms with van der Waals surface area (Å²) in [5, 5.41) is 2.57. The molecule has 180 valence electrons. The highest BCUT2D eigenvalue weighted by Gasteiger charge is 2.36. The van der Waals surface area contributed by atoms with Crippen LogP contribution in [0.3, 0.4) is 0 Å². The van der Waals surface area contributed by atoms with Crippen molar-refractivity contribution >= 4 is 23.0 Å². The maximum absolute atomic E-state index is 13.6. The topological polar surface area (TPSA) is 63.6 Å². The third kappa shape index (κ3) is 4.92. The first kappa shape index (κ1) is 23.1. The maximum Gasteiger partial charge on any atom is 0.420 e. The molecule has 0 bridgehead atoms. The van der Waals surface area contributed by atoms with E-state index in [4.69, 9.17) is 4.74 Å². The van der Waals surface area contributed by atoms with Crippen molar-refractivity contribution in [2.24, 2.45) is 4.99 Å². The van der Waals surface area contributed by atoms with E-state index in [1.165, 1.54) is 6.07 Å². The van der Waals surface area contributed by atoms with Crippen molar-refractivity contribution in [3.05, 3.63) is 71.0 Å². The number of hydrogen-bond donors (Lipinski definition) is 1. The zero-order chi connectivity index (χ0) is 24.7. The van der Waals surface area contributed by atoms with E-state index in [1.54, 1.807) is 6.92 Å². The molecule has 8 heteroatoms. The zero-order valence-corrected chi connectivity index (χ0v) is 19.4. The molecule has 0 spiro atoms. The fourth-order valence-corrected chi connectivity index (χ4v) is 4.28. The number of benzene rings is 2. The predicted molar refractivity (Wildman–Crippen MR) is 128 cm³/mol. The molecule has 1 aliphatic heterocycles. The minimum atomic E-state index is -4.63. The Morgan fingerprint density at radius 1 is 1.06 bits per heavy atom. The van der Waals surface area contributed by atoms with Crippen LogP contribution in [0, 0.1) is 6.92 Å². The number of aliphatic imine (C=N–C) groups is 1. The van der Waals surface area contributed by atoms with Gasteiger partial charge in [0, 0.05) is 23.4 Å². The van der Waals surface area contributed by atoms with Crippen LogP contribution in [0.5, 0.6) is 5.75 Å². The van der Waals surface area contributed by atoms with Crippen LogP contribution in [0.25, 0.3) is 11.1 Å². The minimum absolute atomic E-state index is 0.00997. The average Bonchev–Trinajstić information content (AvgIpc) is 3.65. The van der Waals surface area contributed by atoms with E-state index in [-0.39, 0.29) is 30.2 Å². The molecule has 1 fully saturated rings. The summed E-state index contributed by atoms with van der Waals surface area (Å²) in [4.78, 5) is 21.9. The third-order valence-electron chi connectivity index (χ3n) is 6.06. The second-order valence-electron chi connectivity index (χ2n) is 8.86. The first-order chi connectivity index (χ1) is 16.7. The summed E-state index contributed by atoms with van der Waals surface area (Å²) < 4.78 is 45.9. The van der Waals surface area contributed by atoms with E-state index < -0.39 is 17.6 Å². The van der Waals surface area contributed by atoms with Gasteiger partial charge in [-0.3, -0.25) is 9.78 Å². The van der Waals surface area contributed by atoms with Crippen molar-refractivity contribution in [2.45, 2.75) is 45.2 Å². The summed E-state index contributed by atoms with van der Waals surface area (Å²) in [6, 6.07) is 13.9. The Bertz CT molecular complexity index is 1340. The Morgan fingerprint density at radius 2 is 1.83 bits per heavy atom. The number of amides is 1. The highest BCUT2D eigenvalue weighted by molar-refractivity contribution is 6.17. The average molecular weight is 480 g/mol. The number of anilines is 1. The quantitative estimate of drug-likeness (QED) is 0.437. The largest absolute Gasteiger partial charge is 0.493 e. The number of alkyl halides is 3. The van der Waals surface area contributed by atoms with Crippen LogP contribution in [-0.4, -0.2) is 23.2 Å². The van der Waals surface area contributed by atoms with Gasteiger partial charge in [0.25, 0.3) is 0 Å². The highest BCUT2D eigenvalue weighted by atomic mass is 19.4. The van der Waals surface area contributed by atoms with Gasteiger partial charge in [0.15, 0.2) is 0 Å². The lowest BCUT2D eigenvalue weighted by atomic mass is 9.98.